The number of carbonyl (C=O) groups excluding carboxylic acids is 2. The first kappa shape index (κ1) is 26.3. The van der Waals surface area contributed by atoms with Gasteiger partial charge in [-0.2, -0.15) is 4.31 Å². The van der Waals surface area contributed by atoms with Gasteiger partial charge >= 0.3 is 6.09 Å². The molecule has 1 heterocycles. The number of ether oxygens (including phenoxy) is 1. The van der Waals surface area contributed by atoms with Crippen LogP contribution in [0.3, 0.4) is 0 Å². The summed E-state index contributed by atoms with van der Waals surface area (Å²) < 4.78 is 33.1. The van der Waals surface area contributed by atoms with Crippen LogP contribution < -0.4 is 0 Å². The third-order valence-corrected chi connectivity index (χ3v) is 7.88. The molecule has 34 heavy (non-hydrogen) atoms. The van der Waals surface area contributed by atoms with Gasteiger partial charge in [0.1, 0.15) is 0 Å². The zero-order valence-electron chi connectivity index (χ0n) is 19.0. The zero-order valence-corrected chi connectivity index (χ0v) is 21.4. The first-order chi connectivity index (χ1) is 16.1. The van der Waals surface area contributed by atoms with Gasteiger partial charge in [-0.15, -0.1) is 0 Å². The van der Waals surface area contributed by atoms with Crippen LogP contribution in [0.4, 0.5) is 4.79 Å². The quantitative estimate of drug-likeness (QED) is 0.546. The third-order valence-electron chi connectivity index (χ3n) is 5.49. The summed E-state index contributed by atoms with van der Waals surface area (Å²) in [6.45, 7) is 4.62. The van der Waals surface area contributed by atoms with E-state index < -0.39 is 16.1 Å². The highest BCUT2D eigenvalue weighted by Crippen LogP contribution is 2.25. The molecule has 2 amide bonds. The summed E-state index contributed by atoms with van der Waals surface area (Å²) in [7, 11) is -4.00. The number of hydrogen-bond donors (Lipinski definition) is 0. The molecular weight excluding hydrogens is 501 g/mol. The van der Waals surface area contributed by atoms with E-state index in [0.29, 0.717) is 28.7 Å². The predicted octanol–water partition coefficient (Wildman–Crippen LogP) is 3.79. The molecule has 0 bridgehead atoms. The van der Waals surface area contributed by atoms with Crippen molar-refractivity contribution in [2.45, 2.75) is 25.3 Å². The predicted molar refractivity (Wildman–Crippen MR) is 130 cm³/mol. The summed E-state index contributed by atoms with van der Waals surface area (Å²) in [5.74, 6) is -0.357. The molecule has 2 aromatic rings. The van der Waals surface area contributed by atoms with Gasteiger partial charge in [0.25, 0.3) is 0 Å². The second-order valence-corrected chi connectivity index (χ2v) is 10.7. The lowest BCUT2D eigenvalue weighted by molar-refractivity contribution is -0.133. The van der Waals surface area contributed by atoms with E-state index in [1.54, 1.807) is 36.1 Å². The molecule has 2 aromatic carbocycles. The number of carbonyl (C=O) groups is 2. The van der Waals surface area contributed by atoms with Crippen LogP contribution in [0.5, 0.6) is 0 Å². The Balaban J connectivity index is 1.80. The Morgan fingerprint density at radius 2 is 1.62 bits per heavy atom. The molecule has 0 unspecified atom stereocenters. The number of halogens is 2. The lowest BCUT2D eigenvalue weighted by Crippen LogP contribution is -2.53. The van der Waals surface area contributed by atoms with E-state index >= 15 is 0 Å². The minimum absolute atomic E-state index is 0.0862. The molecule has 0 atom stereocenters. The summed E-state index contributed by atoms with van der Waals surface area (Å²) in [5.41, 5.74) is 1.45. The van der Waals surface area contributed by atoms with E-state index in [9.17, 15) is 18.0 Å². The molecule has 184 valence electrons. The number of hydrogen-bond acceptors (Lipinski definition) is 5. The van der Waals surface area contributed by atoms with Crippen molar-refractivity contribution in [3.8, 4) is 0 Å². The van der Waals surface area contributed by atoms with Crippen LogP contribution in [0.15, 0.2) is 47.4 Å². The van der Waals surface area contributed by atoms with Crippen LogP contribution in [-0.2, 0) is 26.1 Å². The van der Waals surface area contributed by atoms with Gasteiger partial charge in [-0.25, -0.2) is 13.2 Å². The average molecular weight is 528 g/mol. The molecule has 0 spiro atoms. The van der Waals surface area contributed by atoms with Gasteiger partial charge in [0.15, 0.2) is 0 Å². The van der Waals surface area contributed by atoms with Gasteiger partial charge < -0.3 is 14.5 Å². The van der Waals surface area contributed by atoms with E-state index in [1.807, 2.05) is 6.92 Å². The standard InChI is InChI=1S/C23H27Cl2N3O5S/c1-3-33-23(30)27-12-10-26(11-13-27)22(29)16-28(15-18-6-7-19(24)14-21(18)25)34(31,32)20-8-4-17(2)5-9-20/h4-9,14H,3,10-13,15-16H2,1-2H3. The SMILES string of the molecule is CCOC(=O)N1CCN(C(=O)CN(Cc2ccc(Cl)cc2Cl)S(=O)(=O)c2ccc(C)cc2)CC1. The van der Waals surface area contributed by atoms with Crippen molar-refractivity contribution in [3.05, 3.63) is 63.6 Å². The number of sulfonamides is 1. The third kappa shape index (κ3) is 6.41. The summed E-state index contributed by atoms with van der Waals surface area (Å²) in [6, 6.07) is 11.2. The van der Waals surface area contributed by atoms with Crippen molar-refractivity contribution in [3.63, 3.8) is 0 Å². The normalized spacial score (nSPS) is 14.4. The minimum atomic E-state index is -4.00. The molecule has 0 N–H and O–H groups in total. The van der Waals surface area contributed by atoms with Crippen molar-refractivity contribution in [2.24, 2.45) is 0 Å². The highest BCUT2D eigenvalue weighted by atomic mass is 35.5. The van der Waals surface area contributed by atoms with Gasteiger partial charge in [0, 0.05) is 42.8 Å². The van der Waals surface area contributed by atoms with Gasteiger partial charge in [-0.05, 0) is 43.7 Å². The van der Waals surface area contributed by atoms with Gasteiger partial charge in [0.2, 0.25) is 15.9 Å². The summed E-state index contributed by atoms with van der Waals surface area (Å²) in [5, 5.41) is 0.740. The molecule has 3 rings (SSSR count). The van der Waals surface area contributed by atoms with Gasteiger partial charge in [0.05, 0.1) is 18.0 Å². The number of amides is 2. The Kier molecular flexibility index (Phi) is 8.81. The maximum Gasteiger partial charge on any atom is 0.409 e. The molecule has 1 saturated heterocycles. The smallest absolute Gasteiger partial charge is 0.409 e. The first-order valence-electron chi connectivity index (χ1n) is 10.8. The summed E-state index contributed by atoms with van der Waals surface area (Å²) in [6.07, 6.45) is -0.421. The van der Waals surface area contributed by atoms with Crippen LogP contribution in [0.25, 0.3) is 0 Å². The lowest BCUT2D eigenvalue weighted by Gasteiger charge is -2.35. The van der Waals surface area contributed by atoms with Crippen LogP contribution in [0.2, 0.25) is 10.0 Å². The van der Waals surface area contributed by atoms with E-state index in [4.69, 9.17) is 27.9 Å². The van der Waals surface area contributed by atoms with E-state index in [0.717, 1.165) is 9.87 Å². The molecule has 1 fully saturated rings. The Bertz CT molecular complexity index is 1130. The number of aryl methyl sites for hydroxylation is 1. The van der Waals surface area contributed by atoms with E-state index in [-0.39, 0.29) is 43.6 Å². The lowest BCUT2D eigenvalue weighted by atomic mass is 10.2. The van der Waals surface area contributed by atoms with Crippen LogP contribution in [-0.4, -0.2) is 73.9 Å². The molecule has 1 aliphatic rings. The van der Waals surface area contributed by atoms with Crippen molar-refractivity contribution >= 4 is 45.2 Å². The molecule has 11 heteroatoms. The molecule has 0 saturated carbocycles. The fourth-order valence-corrected chi connectivity index (χ4v) is 5.36. The Hall–Kier alpha value is -2.33. The van der Waals surface area contributed by atoms with Gasteiger partial charge in [-0.3, -0.25) is 4.79 Å². The number of nitrogens with zero attached hydrogens (tertiary/aromatic N) is 3. The van der Waals surface area contributed by atoms with Crippen LogP contribution in [0, 0.1) is 6.92 Å². The molecule has 1 aliphatic heterocycles. The largest absolute Gasteiger partial charge is 0.450 e. The monoisotopic (exact) mass is 527 g/mol. The minimum Gasteiger partial charge on any atom is -0.450 e. The summed E-state index contributed by atoms with van der Waals surface area (Å²) >= 11 is 12.3. The fraction of sp³-hybridized carbons (Fsp3) is 0.391. The number of benzene rings is 2. The van der Waals surface area contributed by atoms with Crippen molar-refractivity contribution in [1.29, 1.82) is 0 Å². The second-order valence-electron chi connectivity index (χ2n) is 7.89. The Labute approximate surface area is 210 Å². The van der Waals surface area contributed by atoms with E-state index in [2.05, 4.69) is 0 Å². The topological polar surface area (TPSA) is 87.2 Å². The maximum atomic E-state index is 13.5. The highest BCUT2D eigenvalue weighted by molar-refractivity contribution is 7.89. The Morgan fingerprint density at radius 3 is 2.21 bits per heavy atom. The number of piperazine rings is 1. The van der Waals surface area contributed by atoms with Crippen molar-refractivity contribution in [2.75, 3.05) is 39.3 Å². The van der Waals surface area contributed by atoms with Crippen molar-refractivity contribution < 1.29 is 22.7 Å². The molecule has 0 radical (unpaired) electrons. The maximum absolute atomic E-state index is 13.5. The molecule has 0 aromatic heterocycles. The Morgan fingerprint density at radius 1 is 1.00 bits per heavy atom. The molecule has 8 nitrogen and oxygen atoms in total. The number of rotatable bonds is 7. The van der Waals surface area contributed by atoms with E-state index in [1.165, 1.54) is 23.1 Å². The fourth-order valence-electron chi connectivity index (χ4n) is 3.53. The first-order valence-corrected chi connectivity index (χ1v) is 13.0. The average Bonchev–Trinajstić information content (AvgIpc) is 2.80. The zero-order chi connectivity index (χ0) is 24.9. The summed E-state index contributed by atoms with van der Waals surface area (Å²) in [4.78, 5) is 28.2. The molecule has 0 aliphatic carbocycles. The highest BCUT2D eigenvalue weighted by Gasteiger charge is 2.31. The second kappa shape index (κ2) is 11.4. The van der Waals surface area contributed by atoms with Crippen LogP contribution >= 0.6 is 23.2 Å². The van der Waals surface area contributed by atoms with Crippen LogP contribution in [0.1, 0.15) is 18.1 Å². The van der Waals surface area contributed by atoms with Crippen molar-refractivity contribution in [1.82, 2.24) is 14.1 Å². The molecular formula is C23H27Cl2N3O5S. The van der Waals surface area contributed by atoms with Gasteiger partial charge in [-0.1, -0.05) is 47.0 Å².